The predicted molar refractivity (Wildman–Crippen MR) is 133 cm³/mol. The first-order chi connectivity index (χ1) is 15.4. The molecule has 1 aliphatic heterocycles. The average Bonchev–Trinajstić information content (AvgIpc) is 3.20. The maximum absolute atomic E-state index is 13.3. The molecule has 4 heteroatoms. The third-order valence-corrected chi connectivity index (χ3v) is 7.75. The molecule has 0 N–H and O–H groups in total. The Bertz CT molecular complexity index is 1210. The molecule has 3 nitrogen and oxygen atoms in total. The summed E-state index contributed by atoms with van der Waals surface area (Å²) in [6.45, 7) is 4.95. The lowest BCUT2D eigenvalue weighted by Gasteiger charge is -2.16. The number of hydrogen-bond acceptors (Lipinski definition) is 2. The van der Waals surface area contributed by atoms with Crippen molar-refractivity contribution in [3.63, 3.8) is 0 Å². The second-order valence-corrected chi connectivity index (χ2v) is 10.4. The van der Waals surface area contributed by atoms with Gasteiger partial charge in [-0.3, -0.25) is 0 Å². The Balaban J connectivity index is 1.60. The van der Waals surface area contributed by atoms with Gasteiger partial charge in [0.25, 0.3) is 0 Å². The van der Waals surface area contributed by atoms with E-state index in [0.717, 1.165) is 28.7 Å². The van der Waals surface area contributed by atoms with Gasteiger partial charge in [0.05, 0.1) is 4.90 Å². The van der Waals surface area contributed by atoms with E-state index in [-0.39, 0.29) is 5.92 Å². The number of rotatable bonds is 6. The van der Waals surface area contributed by atoms with E-state index in [9.17, 15) is 8.42 Å². The second-order valence-electron chi connectivity index (χ2n) is 8.49. The van der Waals surface area contributed by atoms with Gasteiger partial charge >= 0.3 is 0 Å². The van der Waals surface area contributed by atoms with Crippen LogP contribution in [0.1, 0.15) is 28.7 Å². The predicted octanol–water partition coefficient (Wildman–Crippen LogP) is 6.11. The van der Waals surface area contributed by atoms with Crippen LogP contribution in [0.4, 0.5) is 0 Å². The molecule has 1 aliphatic rings. The van der Waals surface area contributed by atoms with E-state index < -0.39 is 10.0 Å². The highest BCUT2D eigenvalue weighted by molar-refractivity contribution is 7.89. The smallest absolute Gasteiger partial charge is 0.207 e. The minimum absolute atomic E-state index is 0.150. The molecule has 4 rings (SSSR count). The maximum atomic E-state index is 13.3. The molecule has 0 aromatic heterocycles. The van der Waals surface area contributed by atoms with E-state index >= 15 is 0 Å². The molecule has 1 saturated heterocycles. The Morgan fingerprint density at radius 3 is 2.12 bits per heavy atom. The summed E-state index contributed by atoms with van der Waals surface area (Å²) in [5, 5.41) is 0. The minimum atomic E-state index is -3.53. The van der Waals surface area contributed by atoms with Crippen molar-refractivity contribution < 1.29 is 8.42 Å². The molecule has 3 aromatic rings. The molecule has 0 bridgehead atoms. The molecular formula is C28H29NO2S. The largest absolute Gasteiger partial charge is 0.243 e. The molecule has 3 aromatic carbocycles. The Kier molecular flexibility index (Phi) is 6.73. The van der Waals surface area contributed by atoms with Crippen molar-refractivity contribution in [1.82, 2.24) is 4.31 Å². The number of benzene rings is 3. The Morgan fingerprint density at radius 2 is 1.47 bits per heavy atom. The van der Waals surface area contributed by atoms with Crippen LogP contribution in [0.5, 0.6) is 0 Å². The highest BCUT2D eigenvalue weighted by Crippen LogP contribution is 2.32. The van der Waals surface area contributed by atoms with Crippen LogP contribution in [0.2, 0.25) is 0 Å². The third-order valence-electron chi connectivity index (χ3n) is 5.93. The molecule has 164 valence electrons. The van der Waals surface area contributed by atoms with Crippen molar-refractivity contribution in [2.75, 3.05) is 13.1 Å². The van der Waals surface area contributed by atoms with Crippen LogP contribution in [0.25, 0.3) is 12.2 Å². The van der Waals surface area contributed by atoms with Gasteiger partial charge in [-0.25, -0.2) is 8.42 Å². The molecule has 0 radical (unpaired) electrons. The van der Waals surface area contributed by atoms with E-state index in [1.165, 1.54) is 5.56 Å². The van der Waals surface area contributed by atoms with Gasteiger partial charge in [0, 0.05) is 13.1 Å². The van der Waals surface area contributed by atoms with Crippen molar-refractivity contribution in [2.45, 2.75) is 25.2 Å². The number of allylic oxidation sites excluding steroid dienone is 1. The van der Waals surface area contributed by atoms with Crippen LogP contribution >= 0.6 is 0 Å². The fraction of sp³-hybridized carbons (Fsp3) is 0.214. The van der Waals surface area contributed by atoms with Crippen molar-refractivity contribution >= 4 is 22.2 Å². The number of nitrogens with zero attached hydrogens (tertiary/aromatic N) is 1. The molecule has 32 heavy (non-hydrogen) atoms. The summed E-state index contributed by atoms with van der Waals surface area (Å²) >= 11 is 0. The first-order valence-electron chi connectivity index (χ1n) is 11.0. The number of hydrogen-bond donors (Lipinski definition) is 0. The Labute approximate surface area is 191 Å². The van der Waals surface area contributed by atoms with Crippen molar-refractivity contribution in [3.05, 3.63) is 113 Å². The first kappa shape index (κ1) is 22.3. The Morgan fingerprint density at radius 1 is 0.844 bits per heavy atom. The van der Waals surface area contributed by atoms with Crippen LogP contribution in [0, 0.1) is 19.8 Å². The third kappa shape index (κ3) is 5.26. The van der Waals surface area contributed by atoms with Crippen LogP contribution in [-0.4, -0.2) is 25.8 Å². The van der Waals surface area contributed by atoms with E-state index in [2.05, 4.69) is 61.5 Å². The summed E-state index contributed by atoms with van der Waals surface area (Å²) < 4.78 is 28.2. The molecule has 1 heterocycles. The fourth-order valence-corrected chi connectivity index (χ4v) is 5.47. The number of sulfonamides is 1. The van der Waals surface area contributed by atoms with Crippen molar-refractivity contribution in [1.29, 1.82) is 0 Å². The zero-order valence-corrected chi connectivity index (χ0v) is 19.4. The van der Waals surface area contributed by atoms with Gasteiger partial charge in [-0.05, 0) is 55.0 Å². The molecule has 0 aliphatic carbocycles. The van der Waals surface area contributed by atoms with Gasteiger partial charge in [-0.2, -0.15) is 4.31 Å². The van der Waals surface area contributed by atoms with Gasteiger partial charge in [0.15, 0.2) is 0 Å². The highest BCUT2D eigenvalue weighted by atomic mass is 32.2. The standard InChI is InChI=1S/C28H29NO2S/c1-22-11-15-25(16-12-22)19-27-21-29(32(30,31)28-17-13-23(2)14-18-28)20-26(27)10-6-9-24-7-4-3-5-8-24/h3-9,11-19,26H,10,20-21H2,1-2H3/b9-6+,27-19+. The monoisotopic (exact) mass is 443 g/mol. The van der Waals surface area contributed by atoms with Gasteiger partial charge in [0.1, 0.15) is 0 Å². The highest BCUT2D eigenvalue weighted by Gasteiger charge is 2.35. The molecule has 1 fully saturated rings. The van der Waals surface area contributed by atoms with Gasteiger partial charge in [0.2, 0.25) is 10.0 Å². The fourth-order valence-electron chi connectivity index (χ4n) is 4.00. The summed E-state index contributed by atoms with van der Waals surface area (Å²) in [4.78, 5) is 0.360. The lowest BCUT2D eigenvalue weighted by atomic mass is 9.96. The molecule has 0 amide bonds. The molecule has 0 saturated carbocycles. The Hall–Kier alpha value is -2.95. The summed E-state index contributed by atoms with van der Waals surface area (Å²) in [6, 6.07) is 25.7. The van der Waals surface area contributed by atoms with Gasteiger partial charge in [-0.1, -0.05) is 96.1 Å². The first-order valence-corrected chi connectivity index (χ1v) is 12.4. The molecular weight excluding hydrogens is 414 g/mol. The van der Waals surface area contributed by atoms with Crippen LogP contribution in [0.3, 0.4) is 0 Å². The van der Waals surface area contributed by atoms with Crippen LogP contribution in [0.15, 0.2) is 95.4 Å². The SMILES string of the molecule is Cc1ccc(/C=C2\CN(S(=O)(=O)c3ccc(C)cc3)CC2C/C=C/c2ccccc2)cc1. The van der Waals surface area contributed by atoms with E-state index in [1.54, 1.807) is 16.4 Å². The summed E-state index contributed by atoms with van der Waals surface area (Å²) in [6.07, 6.45) is 7.23. The zero-order chi connectivity index (χ0) is 22.6. The minimum Gasteiger partial charge on any atom is -0.207 e. The lowest BCUT2D eigenvalue weighted by Crippen LogP contribution is -2.28. The van der Waals surface area contributed by atoms with Crippen LogP contribution in [-0.2, 0) is 10.0 Å². The maximum Gasteiger partial charge on any atom is 0.243 e. The lowest BCUT2D eigenvalue weighted by molar-refractivity contribution is 0.458. The van der Waals surface area contributed by atoms with Gasteiger partial charge in [-0.15, -0.1) is 0 Å². The van der Waals surface area contributed by atoms with Crippen LogP contribution < -0.4 is 0 Å². The van der Waals surface area contributed by atoms with Gasteiger partial charge < -0.3 is 0 Å². The van der Waals surface area contributed by atoms with E-state index in [0.29, 0.717) is 18.0 Å². The second kappa shape index (κ2) is 9.68. The molecule has 1 atom stereocenters. The molecule has 1 unspecified atom stereocenters. The van der Waals surface area contributed by atoms with E-state index in [1.807, 2.05) is 37.3 Å². The number of aryl methyl sites for hydroxylation is 2. The topological polar surface area (TPSA) is 37.4 Å². The molecule has 0 spiro atoms. The zero-order valence-electron chi connectivity index (χ0n) is 18.6. The summed E-state index contributed by atoms with van der Waals surface area (Å²) in [5.41, 5.74) is 5.68. The normalized spacial score (nSPS) is 18.6. The van der Waals surface area contributed by atoms with Crippen molar-refractivity contribution in [2.24, 2.45) is 5.92 Å². The summed E-state index contributed by atoms with van der Waals surface area (Å²) in [5.74, 6) is 0.150. The van der Waals surface area contributed by atoms with E-state index in [4.69, 9.17) is 0 Å². The quantitative estimate of drug-likeness (QED) is 0.461. The van der Waals surface area contributed by atoms with Crippen molar-refractivity contribution in [3.8, 4) is 0 Å². The summed E-state index contributed by atoms with van der Waals surface area (Å²) in [7, 11) is -3.53. The average molecular weight is 444 g/mol.